The Labute approximate surface area is 106 Å². The van der Waals surface area contributed by atoms with Crippen molar-refractivity contribution in [3.8, 4) is 0 Å². The average molecular weight is 259 g/mol. The molecule has 0 fully saturated rings. The van der Waals surface area contributed by atoms with E-state index in [0.29, 0.717) is 18.1 Å². The summed E-state index contributed by atoms with van der Waals surface area (Å²) in [5, 5.41) is 8.05. The molecule has 0 spiro atoms. The number of nitrogens with one attached hydrogen (secondary N) is 1. The van der Waals surface area contributed by atoms with Crippen molar-refractivity contribution in [3.05, 3.63) is 16.4 Å². The van der Waals surface area contributed by atoms with Crippen LogP contribution in [0.2, 0.25) is 5.02 Å². The minimum absolute atomic E-state index is 0.322. The Kier molecular flexibility index (Phi) is 4.16. The molecule has 1 aromatic heterocycles. The van der Waals surface area contributed by atoms with Gasteiger partial charge in [0.25, 0.3) is 0 Å². The maximum atomic E-state index is 11.1. The van der Waals surface area contributed by atoms with Gasteiger partial charge in [0, 0.05) is 20.1 Å². The molecule has 96 valence electrons. The number of aryl methyl sites for hydroxylation is 2. The molecule has 0 aliphatic rings. The van der Waals surface area contributed by atoms with Crippen molar-refractivity contribution in [1.82, 2.24) is 15.1 Å². The maximum absolute atomic E-state index is 11.1. The predicted octanol–water partition coefficient (Wildman–Crippen LogP) is 0.983. The molecule has 1 amide bonds. The first-order valence-electron chi connectivity index (χ1n) is 5.44. The number of carbonyl (C=O) groups excluding carboxylic acids is 1. The quantitative estimate of drug-likeness (QED) is 0.827. The molecule has 0 atom stereocenters. The van der Waals surface area contributed by atoms with Crippen LogP contribution >= 0.6 is 11.6 Å². The van der Waals surface area contributed by atoms with Gasteiger partial charge in [0.05, 0.1) is 21.8 Å². The van der Waals surface area contributed by atoms with Gasteiger partial charge in [-0.25, -0.2) is 0 Å². The second-order valence-electron chi connectivity index (χ2n) is 4.82. The summed E-state index contributed by atoms with van der Waals surface area (Å²) in [4.78, 5) is 11.1. The van der Waals surface area contributed by atoms with E-state index in [-0.39, 0.29) is 5.91 Å². The van der Waals surface area contributed by atoms with Gasteiger partial charge in [0.15, 0.2) is 0 Å². The van der Waals surface area contributed by atoms with Crippen molar-refractivity contribution >= 4 is 17.5 Å². The van der Waals surface area contributed by atoms with Crippen LogP contribution in [0.4, 0.5) is 0 Å². The number of hydrogen-bond acceptors (Lipinski definition) is 3. The Bertz CT molecular complexity index is 425. The summed E-state index contributed by atoms with van der Waals surface area (Å²) < 4.78 is 1.74. The molecular formula is C11H19ClN4O. The van der Waals surface area contributed by atoms with Crippen molar-refractivity contribution in [2.45, 2.75) is 27.3 Å². The maximum Gasteiger partial charge on any atom is 0.224 e. The second kappa shape index (κ2) is 5.06. The molecule has 0 aliphatic carbocycles. The van der Waals surface area contributed by atoms with Crippen molar-refractivity contribution in [2.24, 2.45) is 18.2 Å². The van der Waals surface area contributed by atoms with Crippen molar-refractivity contribution in [3.63, 3.8) is 0 Å². The van der Waals surface area contributed by atoms with Crippen LogP contribution in [0.15, 0.2) is 0 Å². The highest BCUT2D eigenvalue weighted by Crippen LogP contribution is 2.19. The number of carbonyl (C=O) groups is 1. The number of hydrogen-bond donors (Lipinski definition) is 2. The van der Waals surface area contributed by atoms with Gasteiger partial charge in [0.1, 0.15) is 0 Å². The summed E-state index contributed by atoms with van der Waals surface area (Å²) in [6.45, 7) is 6.53. The Hall–Kier alpha value is -1.07. The highest BCUT2D eigenvalue weighted by atomic mass is 35.5. The first kappa shape index (κ1) is 14.0. The topological polar surface area (TPSA) is 72.9 Å². The third-order valence-electron chi connectivity index (χ3n) is 2.79. The lowest BCUT2D eigenvalue weighted by atomic mass is 9.93. The number of rotatable bonds is 5. The van der Waals surface area contributed by atoms with Gasteiger partial charge < -0.3 is 11.1 Å². The van der Waals surface area contributed by atoms with Crippen molar-refractivity contribution in [1.29, 1.82) is 0 Å². The number of aromatic nitrogens is 2. The van der Waals surface area contributed by atoms with E-state index >= 15 is 0 Å². The molecule has 0 bridgehead atoms. The fourth-order valence-electron chi connectivity index (χ4n) is 1.45. The van der Waals surface area contributed by atoms with Gasteiger partial charge in [-0.1, -0.05) is 11.6 Å². The van der Waals surface area contributed by atoms with E-state index in [4.69, 9.17) is 17.3 Å². The van der Waals surface area contributed by atoms with Crippen LogP contribution in [-0.2, 0) is 18.4 Å². The monoisotopic (exact) mass is 258 g/mol. The number of primary amides is 1. The zero-order valence-corrected chi connectivity index (χ0v) is 11.4. The summed E-state index contributed by atoms with van der Waals surface area (Å²) in [6.07, 6.45) is 0. The molecule has 3 N–H and O–H groups in total. The van der Waals surface area contributed by atoms with Crippen LogP contribution in [0, 0.1) is 12.3 Å². The number of halogens is 1. The van der Waals surface area contributed by atoms with E-state index in [1.807, 2.05) is 14.0 Å². The molecule has 0 aromatic carbocycles. The fraction of sp³-hybridized carbons (Fsp3) is 0.636. The Morgan fingerprint density at radius 2 is 2.18 bits per heavy atom. The van der Waals surface area contributed by atoms with Crippen molar-refractivity contribution in [2.75, 3.05) is 6.54 Å². The van der Waals surface area contributed by atoms with E-state index in [1.54, 1.807) is 18.5 Å². The molecule has 17 heavy (non-hydrogen) atoms. The standard InChI is InChI=1S/C11H19ClN4O/c1-7-9(12)8(16(4)15-7)5-14-6-11(2,3)10(13)17/h14H,5-6H2,1-4H3,(H2,13,17). The summed E-state index contributed by atoms with van der Waals surface area (Å²) >= 11 is 6.11. The van der Waals surface area contributed by atoms with Gasteiger partial charge >= 0.3 is 0 Å². The van der Waals surface area contributed by atoms with Crippen LogP contribution < -0.4 is 11.1 Å². The summed E-state index contributed by atoms with van der Waals surface area (Å²) in [5.41, 5.74) is 6.43. The predicted molar refractivity (Wildman–Crippen MR) is 67.6 cm³/mol. The van der Waals surface area contributed by atoms with Crippen LogP contribution in [0.5, 0.6) is 0 Å². The third-order valence-corrected chi connectivity index (χ3v) is 3.28. The van der Waals surface area contributed by atoms with Crippen LogP contribution in [0.1, 0.15) is 25.2 Å². The van der Waals surface area contributed by atoms with E-state index in [1.165, 1.54) is 0 Å². The van der Waals surface area contributed by atoms with E-state index in [0.717, 1.165) is 11.4 Å². The molecule has 5 nitrogen and oxygen atoms in total. The SMILES string of the molecule is Cc1nn(C)c(CNCC(C)(C)C(N)=O)c1Cl. The first-order valence-corrected chi connectivity index (χ1v) is 5.82. The zero-order valence-electron chi connectivity index (χ0n) is 10.7. The summed E-state index contributed by atoms with van der Waals surface area (Å²) in [7, 11) is 1.84. The summed E-state index contributed by atoms with van der Waals surface area (Å²) in [5.74, 6) is -0.322. The highest BCUT2D eigenvalue weighted by molar-refractivity contribution is 6.31. The fourth-order valence-corrected chi connectivity index (χ4v) is 1.68. The lowest BCUT2D eigenvalue weighted by Gasteiger charge is -2.20. The number of nitrogens with two attached hydrogens (primary N) is 1. The molecular weight excluding hydrogens is 240 g/mol. The molecule has 0 saturated heterocycles. The summed E-state index contributed by atoms with van der Waals surface area (Å²) in [6, 6.07) is 0. The average Bonchev–Trinajstić information content (AvgIpc) is 2.44. The minimum Gasteiger partial charge on any atom is -0.369 e. The Morgan fingerprint density at radius 1 is 1.59 bits per heavy atom. The normalized spacial score (nSPS) is 11.8. The molecule has 0 radical (unpaired) electrons. The molecule has 0 aliphatic heterocycles. The Balaban J connectivity index is 2.60. The van der Waals surface area contributed by atoms with Gasteiger partial charge in [-0.3, -0.25) is 9.48 Å². The number of nitrogens with zero attached hydrogens (tertiary/aromatic N) is 2. The smallest absolute Gasteiger partial charge is 0.224 e. The van der Waals surface area contributed by atoms with Crippen LogP contribution in [0.3, 0.4) is 0 Å². The highest BCUT2D eigenvalue weighted by Gasteiger charge is 2.24. The van der Waals surface area contributed by atoms with E-state index in [9.17, 15) is 4.79 Å². The van der Waals surface area contributed by atoms with Crippen molar-refractivity contribution < 1.29 is 4.79 Å². The van der Waals surface area contributed by atoms with Crippen LogP contribution in [0.25, 0.3) is 0 Å². The van der Waals surface area contributed by atoms with E-state index < -0.39 is 5.41 Å². The lowest BCUT2D eigenvalue weighted by Crippen LogP contribution is -2.40. The molecule has 1 rings (SSSR count). The molecule has 1 heterocycles. The van der Waals surface area contributed by atoms with Crippen LogP contribution in [-0.4, -0.2) is 22.2 Å². The molecule has 0 saturated carbocycles. The van der Waals surface area contributed by atoms with E-state index in [2.05, 4.69) is 10.4 Å². The van der Waals surface area contributed by atoms with Gasteiger partial charge in [0.2, 0.25) is 5.91 Å². The number of amides is 1. The molecule has 6 heteroatoms. The molecule has 1 aromatic rings. The molecule has 0 unspecified atom stereocenters. The Morgan fingerprint density at radius 3 is 2.59 bits per heavy atom. The third kappa shape index (κ3) is 3.20. The minimum atomic E-state index is -0.569. The van der Waals surface area contributed by atoms with Gasteiger partial charge in [-0.2, -0.15) is 5.10 Å². The zero-order chi connectivity index (χ0) is 13.2. The van der Waals surface area contributed by atoms with Gasteiger partial charge in [-0.05, 0) is 20.8 Å². The van der Waals surface area contributed by atoms with Gasteiger partial charge in [-0.15, -0.1) is 0 Å². The first-order chi connectivity index (χ1) is 7.75. The largest absolute Gasteiger partial charge is 0.369 e. The lowest BCUT2D eigenvalue weighted by molar-refractivity contribution is -0.125. The second-order valence-corrected chi connectivity index (χ2v) is 5.20.